The smallest absolute Gasteiger partial charge is 0.210 e. The van der Waals surface area contributed by atoms with Gasteiger partial charge in [-0.2, -0.15) is 0 Å². The molecule has 12 heteroatoms. The number of aromatic nitrogens is 4. The summed E-state index contributed by atoms with van der Waals surface area (Å²) >= 11 is 4.32. The number of hydrogen-bond donors (Lipinski definition) is 1. The lowest BCUT2D eigenvalue weighted by atomic mass is 10.3. The van der Waals surface area contributed by atoms with Gasteiger partial charge in [-0.15, -0.1) is 27.8 Å². The van der Waals surface area contributed by atoms with Crippen LogP contribution in [0.15, 0.2) is 34.8 Å². The predicted molar refractivity (Wildman–Crippen MR) is 107 cm³/mol. The van der Waals surface area contributed by atoms with E-state index in [1.165, 1.54) is 23.1 Å². The molecule has 0 radical (unpaired) electrons. The molecule has 0 aromatic carbocycles. The predicted octanol–water partition coefficient (Wildman–Crippen LogP) is 1.91. The van der Waals surface area contributed by atoms with Gasteiger partial charge >= 0.3 is 0 Å². The number of sulfonamides is 1. The molecule has 0 spiro atoms. The van der Waals surface area contributed by atoms with Gasteiger partial charge in [-0.3, -0.25) is 4.79 Å². The molecule has 27 heavy (non-hydrogen) atoms. The zero-order chi connectivity index (χ0) is 19.3. The Morgan fingerprint density at radius 3 is 2.89 bits per heavy atom. The molecule has 0 saturated carbocycles. The van der Waals surface area contributed by atoms with Crippen LogP contribution >= 0.6 is 34.4 Å². The quantitative estimate of drug-likeness (QED) is 0.377. The number of thioether (sulfide) groups is 1. The van der Waals surface area contributed by atoms with Crippen molar-refractivity contribution in [2.75, 3.05) is 18.6 Å². The zero-order valence-electron chi connectivity index (χ0n) is 14.4. The van der Waals surface area contributed by atoms with E-state index in [0.29, 0.717) is 29.5 Å². The number of hydrogen-bond acceptors (Lipinski definition) is 9. The summed E-state index contributed by atoms with van der Waals surface area (Å²) in [4.78, 5) is 15.2. The summed E-state index contributed by atoms with van der Waals surface area (Å²) in [6.45, 7) is 0.900. The number of thiophene rings is 2. The van der Waals surface area contributed by atoms with Crippen molar-refractivity contribution in [1.29, 1.82) is 0 Å². The standard InChI is InChI=1S/C15H17N5O3S4/c1-27(22,23)16-7-6-11-4-5-14(26-11)13(21)10-25-15-17-18-19-20(15)9-12-3-2-8-24-12/h2-5,8,16H,6-7,9-10H2,1H3. The molecule has 3 aromatic heterocycles. The fourth-order valence-corrected chi connectivity index (χ4v) is 5.13. The van der Waals surface area contributed by atoms with Crippen molar-refractivity contribution in [2.24, 2.45) is 0 Å². The van der Waals surface area contributed by atoms with Gasteiger partial charge in [-0.1, -0.05) is 17.8 Å². The van der Waals surface area contributed by atoms with E-state index in [0.717, 1.165) is 16.0 Å². The maximum Gasteiger partial charge on any atom is 0.210 e. The molecule has 0 aliphatic carbocycles. The first-order valence-corrected chi connectivity index (χ1v) is 12.5. The van der Waals surface area contributed by atoms with Crippen LogP contribution in [0.4, 0.5) is 0 Å². The highest BCUT2D eigenvalue weighted by atomic mass is 32.2. The zero-order valence-corrected chi connectivity index (χ0v) is 17.6. The number of ketones is 1. The van der Waals surface area contributed by atoms with E-state index < -0.39 is 10.0 Å². The van der Waals surface area contributed by atoms with Crippen LogP contribution in [0, 0.1) is 0 Å². The lowest BCUT2D eigenvalue weighted by molar-refractivity contribution is 0.102. The van der Waals surface area contributed by atoms with E-state index in [1.54, 1.807) is 22.1 Å². The number of rotatable bonds is 10. The van der Waals surface area contributed by atoms with Crippen LogP contribution in [0.25, 0.3) is 0 Å². The molecule has 3 heterocycles. The molecule has 0 atom stereocenters. The lowest BCUT2D eigenvalue weighted by Crippen LogP contribution is -2.23. The molecule has 0 bridgehead atoms. The second kappa shape index (κ2) is 9.06. The summed E-state index contributed by atoms with van der Waals surface area (Å²) in [7, 11) is -3.20. The Morgan fingerprint density at radius 1 is 1.30 bits per heavy atom. The minimum Gasteiger partial charge on any atom is -0.292 e. The third-order valence-corrected chi connectivity index (χ3v) is 7.12. The minimum absolute atomic E-state index is 0.00186. The average molecular weight is 444 g/mol. The molecule has 0 saturated heterocycles. The van der Waals surface area contributed by atoms with Gasteiger partial charge in [0, 0.05) is 16.3 Å². The van der Waals surface area contributed by atoms with Crippen LogP contribution in [0.1, 0.15) is 19.4 Å². The molecule has 144 valence electrons. The fourth-order valence-electron chi connectivity index (χ4n) is 2.17. The Labute approximate surface area is 169 Å². The van der Waals surface area contributed by atoms with Crippen LogP contribution in [-0.2, 0) is 23.0 Å². The van der Waals surface area contributed by atoms with Gasteiger partial charge in [0.15, 0.2) is 5.78 Å². The second-order valence-electron chi connectivity index (χ2n) is 5.59. The van der Waals surface area contributed by atoms with E-state index in [9.17, 15) is 13.2 Å². The number of tetrazole rings is 1. The van der Waals surface area contributed by atoms with Crippen LogP contribution in [-0.4, -0.2) is 53.0 Å². The first-order valence-electron chi connectivity index (χ1n) is 7.88. The highest BCUT2D eigenvalue weighted by molar-refractivity contribution is 7.99. The Bertz CT molecular complexity index is 995. The molecule has 1 N–H and O–H groups in total. The van der Waals surface area contributed by atoms with Crippen molar-refractivity contribution in [1.82, 2.24) is 24.9 Å². The van der Waals surface area contributed by atoms with E-state index in [2.05, 4.69) is 20.2 Å². The van der Waals surface area contributed by atoms with Gasteiger partial charge in [0.25, 0.3) is 0 Å². The normalized spacial score (nSPS) is 11.7. The molecule has 3 aromatic rings. The third-order valence-electron chi connectivity index (χ3n) is 3.39. The summed E-state index contributed by atoms with van der Waals surface area (Å²) in [5.74, 6) is 0.241. The van der Waals surface area contributed by atoms with Gasteiger partial charge in [0.2, 0.25) is 15.2 Å². The topological polar surface area (TPSA) is 107 Å². The first-order chi connectivity index (χ1) is 12.9. The van der Waals surface area contributed by atoms with Crippen molar-refractivity contribution in [3.63, 3.8) is 0 Å². The molecule has 0 amide bonds. The number of nitrogens with zero attached hydrogens (tertiary/aromatic N) is 4. The fraction of sp³-hybridized carbons (Fsp3) is 0.333. The monoisotopic (exact) mass is 443 g/mol. The van der Waals surface area contributed by atoms with Crippen molar-refractivity contribution >= 4 is 50.2 Å². The van der Waals surface area contributed by atoms with Crippen LogP contribution < -0.4 is 4.72 Å². The van der Waals surface area contributed by atoms with Crippen molar-refractivity contribution in [3.8, 4) is 0 Å². The molecular weight excluding hydrogens is 426 g/mol. The van der Waals surface area contributed by atoms with Crippen LogP contribution in [0.5, 0.6) is 0 Å². The molecule has 0 fully saturated rings. The summed E-state index contributed by atoms with van der Waals surface area (Å²) in [5, 5.41) is 14.3. The molecule has 0 aliphatic heterocycles. The molecule has 3 rings (SSSR count). The lowest BCUT2D eigenvalue weighted by Gasteiger charge is -2.02. The van der Waals surface area contributed by atoms with Gasteiger partial charge in [-0.05, 0) is 40.4 Å². The minimum atomic E-state index is -3.20. The summed E-state index contributed by atoms with van der Waals surface area (Å²) < 4.78 is 26.3. The van der Waals surface area contributed by atoms with E-state index in [1.807, 2.05) is 23.6 Å². The summed E-state index contributed by atoms with van der Waals surface area (Å²) in [6.07, 6.45) is 1.68. The molecule has 8 nitrogen and oxygen atoms in total. The second-order valence-corrected chi connectivity index (χ2v) is 10.6. The Balaban J connectivity index is 1.52. The Kier molecular flexibility index (Phi) is 6.76. The van der Waals surface area contributed by atoms with E-state index in [4.69, 9.17) is 0 Å². The van der Waals surface area contributed by atoms with Crippen LogP contribution in [0.2, 0.25) is 0 Å². The number of carbonyl (C=O) groups is 1. The maximum absolute atomic E-state index is 12.4. The highest BCUT2D eigenvalue weighted by Crippen LogP contribution is 2.22. The number of carbonyl (C=O) groups excluding carboxylic acids is 1. The Morgan fingerprint density at radius 2 is 2.15 bits per heavy atom. The van der Waals surface area contributed by atoms with Gasteiger partial charge < -0.3 is 0 Å². The summed E-state index contributed by atoms with van der Waals surface area (Å²) in [5.41, 5.74) is 0. The van der Waals surface area contributed by atoms with Crippen molar-refractivity contribution in [3.05, 3.63) is 44.3 Å². The molecular formula is C15H17N5O3S4. The third kappa shape index (κ3) is 6.21. The number of Topliss-reactive ketones (excluding diaryl/α,β-unsaturated/α-hetero) is 1. The van der Waals surface area contributed by atoms with Gasteiger partial charge in [-0.25, -0.2) is 17.8 Å². The maximum atomic E-state index is 12.4. The molecule has 0 aliphatic rings. The first kappa shape index (κ1) is 20.1. The van der Waals surface area contributed by atoms with Gasteiger partial charge in [0.05, 0.1) is 23.4 Å². The molecule has 0 unspecified atom stereocenters. The average Bonchev–Trinajstić information content (AvgIpc) is 3.34. The SMILES string of the molecule is CS(=O)(=O)NCCc1ccc(C(=O)CSc2nnnn2Cc2cccs2)s1. The van der Waals surface area contributed by atoms with E-state index >= 15 is 0 Å². The Hall–Kier alpha value is -1.60. The van der Waals surface area contributed by atoms with Crippen molar-refractivity contribution < 1.29 is 13.2 Å². The summed E-state index contributed by atoms with van der Waals surface area (Å²) in [6, 6.07) is 7.61. The van der Waals surface area contributed by atoms with E-state index in [-0.39, 0.29) is 11.5 Å². The van der Waals surface area contributed by atoms with Crippen LogP contribution in [0.3, 0.4) is 0 Å². The van der Waals surface area contributed by atoms with Gasteiger partial charge in [0.1, 0.15) is 0 Å². The number of nitrogens with one attached hydrogen (secondary N) is 1. The highest BCUT2D eigenvalue weighted by Gasteiger charge is 2.14. The van der Waals surface area contributed by atoms with Crippen molar-refractivity contribution in [2.45, 2.75) is 18.1 Å². The largest absolute Gasteiger partial charge is 0.292 e.